The number of rotatable bonds is 3. The van der Waals surface area contributed by atoms with E-state index >= 15 is 0 Å². The van der Waals surface area contributed by atoms with Gasteiger partial charge in [0.1, 0.15) is 5.60 Å². The molecule has 0 atom stereocenters. The van der Waals surface area contributed by atoms with Gasteiger partial charge in [-0.25, -0.2) is 9.19 Å². The molecule has 120 valence electrons. The van der Waals surface area contributed by atoms with Crippen molar-refractivity contribution < 1.29 is 9.53 Å². The highest BCUT2D eigenvalue weighted by Gasteiger charge is 2.70. The molecule has 0 heterocycles. The molecule has 0 aromatic carbocycles. The van der Waals surface area contributed by atoms with Crippen molar-refractivity contribution in [2.45, 2.75) is 83.6 Å². The molecule has 2 bridgehead atoms. The number of ether oxygens (including phenoxy) is 1. The average Bonchev–Trinajstić information content (AvgIpc) is 2.13. The first-order valence-corrected chi connectivity index (χ1v) is 8.37. The number of carbonyl (C=O) groups is 1. The molecule has 0 radical (unpaired) electrons. The van der Waals surface area contributed by atoms with Crippen molar-refractivity contribution in [3.05, 3.63) is 0 Å². The van der Waals surface area contributed by atoms with Gasteiger partial charge in [-0.05, 0) is 79.7 Å². The maximum atomic E-state index is 11.9. The van der Waals surface area contributed by atoms with Gasteiger partial charge in [0.25, 0.3) is 0 Å². The monoisotopic (exact) mass is 312 g/mol. The summed E-state index contributed by atoms with van der Waals surface area (Å²) in [6.07, 6.45) is 2.70. The lowest BCUT2D eigenvalue weighted by atomic mass is 9.38. The second-order valence-electron chi connectivity index (χ2n) is 8.60. The molecular weight excluding hydrogens is 284 g/mol. The number of carbonyl (C=O) groups excluding carboxylic acids is 1. The van der Waals surface area contributed by atoms with Gasteiger partial charge in [0.2, 0.25) is 0 Å². The van der Waals surface area contributed by atoms with Crippen LogP contribution in [0.3, 0.4) is 0 Å². The first kappa shape index (κ1) is 16.7. The van der Waals surface area contributed by atoms with Crippen molar-refractivity contribution in [2.24, 2.45) is 9.81 Å². The lowest BCUT2D eigenvalue weighted by molar-refractivity contribution is -0.0995. The van der Waals surface area contributed by atoms with E-state index in [0.29, 0.717) is 0 Å². The fourth-order valence-electron chi connectivity index (χ4n) is 3.13. The van der Waals surface area contributed by atoms with E-state index in [-0.39, 0.29) is 21.8 Å². The number of alkyl carbamates (subject to hydrolysis) is 1. The van der Waals surface area contributed by atoms with Crippen LogP contribution in [0.2, 0.25) is 0 Å². The summed E-state index contributed by atoms with van der Waals surface area (Å²) in [6.45, 7) is 14.3. The molecule has 4 nitrogen and oxygen atoms in total. The molecule has 0 unspecified atom stereocenters. The van der Waals surface area contributed by atoms with Crippen LogP contribution < -0.4 is 5.32 Å². The summed E-state index contributed by atoms with van der Waals surface area (Å²) < 4.78 is 10.2. The van der Waals surface area contributed by atoms with Crippen molar-refractivity contribution in [3.8, 4) is 0 Å². The van der Waals surface area contributed by atoms with Crippen LogP contribution in [0.5, 0.6) is 0 Å². The van der Waals surface area contributed by atoms with Gasteiger partial charge in [-0.1, -0.05) is 0 Å². The number of nitrogens with zero attached hydrogens (tertiary/aromatic N) is 1. The molecule has 0 spiro atoms. The summed E-state index contributed by atoms with van der Waals surface area (Å²) in [7, 11) is 0. The maximum absolute atomic E-state index is 11.9. The Morgan fingerprint density at radius 3 is 2.10 bits per heavy atom. The quantitative estimate of drug-likeness (QED) is 0.623. The zero-order valence-electron chi connectivity index (χ0n) is 14.3. The minimum absolute atomic E-state index is 0.0362. The summed E-state index contributed by atoms with van der Waals surface area (Å²) in [4.78, 5) is 11.9. The van der Waals surface area contributed by atoms with Crippen molar-refractivity contribution >= 4 is 23.8 Å². The van der Waals surface area contributed by atoms with Crippen LogP contribution >= 0.6 is 11.9 Å². The Morgan fingerprint density at radius 2 is 1.67 bits per heavy atom. The molecule has 0 aromatic heterocycles. The summed E-state index contributed by atoms with van der Waals surface area (Å²) in [6, 6.07) is 0. The topological polar surface area (TPSA) is 50.7 Å². The molecule has 3 aliphatic carbocycles. The lowest BCUT2D eigenvalue weighted by Gasteiger charge is -2.70. The Hall–Kier alpha value is -0.710. The Bertz CT molecular complexity index is 452. The van der Waals surface area contributed by atoms with E-state index in [1.54, 1.807) is 11.9 Å². The van der Waals surface area contributed by atoms with Gasteiger partial charge in [-0.3, -0.25) is 0 Å². The normalized spacial score (nSPS) is 32.0. The average molecular weight is 312 g/mol. The van der Waals surface area contributed by atoms with Gasteiger partial charge in [-0.2, -0.15) is 0 Å². The van der Waals surface area contributed by atoms with E-state index in [1.165, 1.54) is 5.71 Å². The molecule has 0 saturated heterocycles. The van der Waals surface area contributed by atoms with Gasteiger partial charge >= 0.3 is 6.09 Å². The van der Waals surface area contributed by atoms with Gasteiger partial charge < -0.3 is 10.1 Å². The van der Waals surface area contributed by atoms with Crippen LogP contribution in [-0.4, -0.2) is 27.7 Å². The Labute approximate surface area is 132 Å². The van der Waals surface area contributed by atoms with Crippen LogP contribution in [-0.2, 0) is 4.74 Å². The molecule has 3 aliphatic rings. The zero-order chi connectivity index (χ0) is 16.1. The van der Waals surface area contributed by atoms with E-state index in [1.807, 2.05) is 20.8 Å². The van der Waals surface area contributed by atoms with E-state index in [9.17, 15) is 4.79 Å². The largest absolute Gasteiger partial charge is 0.444 e. The SMILES string of the molecule is CC(=NSC(C)(C)C)C12CC(NC(=O)OC(C)(C)C)(C1)C2. The van der Waals surface area contributed by atoms with E-state index in [2.05, 4.69) is 37.4 Å². The van der Waals surface area contributed by atoms with Crippen LogP contribution in [0.25, 0.3) is 0 Å². The molecule has 3 saturated carbocycles. The van der Waals surface area contributed by atoms with Gasteiger partial charge in [0.15, 0.2) is 0 Å². The number of amides is 1. The minimum Gasteiger partial charge on any atom is -0.444 e. The second kappa shape index (κ2) is 4.90. The number of hydrogen-bond acceptors (Lipinski definition) is 4. The lowest BCUT2D eigenvalue weighted by Crippen LogP contribution is -2.76. The molecule has 1 N–H and O–H groups in total. The highest BCUT2D eigenvalue weighted by molar-refractivity contribution is 7.99. The summed E-state index contributed by atoms with van der Waals surface area (Å²) in [5, 5.41) is 3.04. The predicted octanol–water partition coefficient (Wildman–Crippen LogP) is 4.34. The molecular formula is C16H28N2O2S. The van der Waals surface area contributed by atoms with Gasteiger partial charge in [-0.15, -0.1) is 0 Å². The Kier molecular flexibility index (Phi) is 3.89. The minimum atomic E-state index is -0.438. The third kappa shape index (κ3) is 3.74. The van der Waals surface area contributed by atoms with Crippen LogP contribution in [0, 0.1) is 5.41 Å². The third-order valence-electron chi connectivity index (χ3n) is 4.02. The first-order chi connectivity index (χ1) is 9.35. The Balaban J connectivity index is 1.84. The molecule has 21 heavy (non-hydrogen) atoms. The van der Waals surface area contributed by atoms with E-state index < -0.39 is 5.60 Å². The molecule has 3 fully saturated rings. The van der Waals surface area contributed by atoms with Crippen molar-refractivity contribution in [3.63, 3.8) is 0 Å². The third-order valence-corrected chi connectivity index (χ3v) is 4.93. The van der Waals surface area contributed by atoms with Crippen LogP contribution in [0.15, 0.2) is 4.40 Å². The van der Waals surface area contributed by atoms with Gasteiger partial charge in [0, 0.05) is 21.4 Å². The maximum Gasteiger partial charge on any atom is 0.408 e. The highest BCUT2D eigenvalue weighted by Crippen LogP contribution is 2.68. The predicted molar refractivity (Wildman–Crippen MR) is 88.8 cm³/mol. The van der Waals surface area contributed by atoms with Crippen LogP contribution in [0.4, 0.5) is 4.79 Å². The summed E-state index contributed by atoms with van der Waals surface area (Å²) in [5.41, 5.74) is 0.973. The fourth-order valence-corrected chi connectivity index (χ4v) is 3.73. The van der Waals surface area contributed by atoms with Gasteiger partial charge in [0.05, 0.1) is 0 Å². The summed E-state index contributed by atoms with van der Waals surface area (Å²) in [5.74, 6) is 0. The standard InChI is InChI=1S/C16H28N2O2S/c1-11(18-21-14(5,6)7)15-8-16(9-15,10-15)17-12(19)20-13(2,3)4/h8-10H2,1-7H3,(H,17,19). The van der Waals surface area contributed by atoms with Crippen molar-refractivity contribution in [1.29, 1.82) is 0 Å². The van der Waals surface area contributed by atoms with Crippen LogP contribution in [0.1, 0.15) is 67.7 Å². The van der Waals surface area contributed by atoms with E-state index in [0.717, 1.165) is 19.3 Å². The molecule has 1 amide bonds. The first-order valence-electron chi connectivity index (χ1n) is 7.59. The van der Waals surface area contributed by atoms with E-state index in [4.69, 9.17) is 4.74 Å². The fraction of sp³-hybridized carbons (Fsp3) is 0.875. The smallest absolute Gasteiger partial charge is 0.408 e. The van der Waals surface area contributed by atoms with Crippen molar-refractivity contribution in [2.75, 3.05) is 0 Å². The molecule has 5 heteroatoms. The van der Waals surface area contributed by atoms with Crippen molar-refractivity contribution in [1.82, 2.24) is 5.32 Å². The highest BCUT2D eigenvalue weighted by atomic mass is 32.2. The molecule has 0 aromatic rings. The Morgan fingerprint density at radius 1 is 1.14 bits per heavy atom. The zero-order valence-corrected chi connectivity index (χ0v) is 15.1. The summed E-state index contributed by atoms with van der Waals surface area (Å²) >= 11 is 1.64. The molecule has 3 rings (SSSR count). The second-order valence-corrected chi connectivity index (χ2v) is 10.2. The number of nitrogens with one attached hydrogen (secondary N) is 1. The molecule has 0 aliphatic heterocycles. The number of hydrogen-bond donors (Lipinski definition) is 1.